The Labute approximate surface area is 61.6 Å². The summed E-state index contributed by atoms with van der Waals surface area (Å²) in [5.74, 6) is 0.0301. The molecule has 10 heavy (non-hydrogen) atoms. The molecule has 1 heterocycles. The van der Waals surface area contributed by atoms with E-state index in [9.17, 15) is 4.79 Å². The number of hydrogen-bond donors (Lipinski definition) is 0. The number of rotatable bonds is 1. The van der Waals surface area contributed by atoms with Crippen molar-refractivity contribution in [2.75, 3.05) is 0 Å². The van der Waals surface area contributed by atoms with Gasteiger partial charge in [-0.2, -0.15) is 4.98 Å². The van der Waals surface area contributed by atoms with Gasteiger partial charge in [0, 0.05) is 6.20 Å². The first kappa shape index (κ1) is 6.86. The van der Waals surface area contributed by atoms with E-state index in [1.165, 1.54) is 18.3 Å². The number of isocyanates is 1. The van der Waals surface area contributed by atoms with Crippen LogP contribution in [-0.2, 0) is 4.79 Å². The minimum atomic E-state index is 0.0301. The lowest BCUT2D eigenvalue weighted by atomic mass is 10.7. The first-order valence-corrected chi connectivity index (χ1v) is 2.77. The van der Waals surface area contributed by atoms with Crippen molar-refractivity contribution < 1.29 is 4.79 Å². The lowest BCUT2D eigenvalue weighted by Gasteiger charge is -1.86. The van der Waals surface area contributed by atoms with Gasteiger partial charge in [0.05, 0.1) is 0 Å². The SMILES string of the molecule is O=C=Nc1nccc(Cl)n1. The van der Waals surface area contributed by atoms with Gasteiger partial charge in [0.1, 0.15) is 5.15 Å². The van der Waals surface area contributed by atoms with E-state index in [2.05, 4.69) is 15.0 Å². The zero-order valence-corrected chi connectivity index (χ0v) is 5.54. The fourth-order valence-electron chi connectivity index (χ4n) is 0.422. The van der Waals surface area contributed by atoms with Gasteiger partial charge in [-0.15, -0.1) is 4.99 Å². The molecule has 0 radical (unpaired) electrons. The highest BCUT2D eigenvalue weighted by Gasteiger charge is 1.91. The van der Waals surface area contributed by atoms with Crippen LogP contribution in [0.2, 0.25) is 5.15 Å². The van der Waals surface area contributed by atoms with Crippen molar-refractivity contribution in [1.29, 1.82) is 0 Å². The second kappa shape index (κ2) is 3.06. The van der Waals surface area contributed by atoms with Crippen molar-refractivity contribution >= 4 is 23.6 Å². The standard InChI is InChI=1S/C5H2ClN3O/c6-4-1-2-7-5(9-4)8-3-10/h1-2H. The molecular formula is C5H2ClN3O. The molecule has 0 atom stereocenters. The molecule has 0 aliphatic rings. The molecule has 1 aromatic rings. The third-order valence-corrected chi connectivity index (χ3v) is 0.965. The van der Waals surface area contributed by atoms with Gasteiger partial charge in [-0.3, -0.25) is 0 Å². The molecule has 1 rings (SSSR count). The molecule has 0 spiro atoms. The van der Waals surface area contributed by atoms with Crippen LogP contribution in [0.25, 0.3) is 0 Å². The number of halogens is 1. The molecule has 0 amide bonds. The van der Waals surface area contributed by atoms with Crippen molar-refractivity contribution in [3.63, 3.8) is 0 Å². The van der Waals surface area contributed by atoms with Crippen molar-refractivity contribution in [2.24, 2.45) is 4.99 Å². The summed E-state index contributed by atoms with van der Waals surface area (Å²) >= 11 is 5.44. The van der Waals surface area contributed by atoms with E-state index in [1.54, 1.807) is 0 Å². The zero-order valence-electron chi connectivity index (χ0n) is 4.78. The molecule has 4 nitrogen and oxygen atoms in total. The summed E-state index contributed by atoms with van der Waals surface area (Å²) in [4.78, 5) is 20.0. The Bertz CT molecular complexity index is 282. The normalized spacial score (nSPS) is 8.50. The molecule has 0 saturated heterocycles. The zero-order chi connectivity index (χ0) is 7.40. The minimum Gasteiger partial charge on any atom is -0.219 e. The summed E-state index contributed by atoms with van der Waals surface area (Å²) in [6, 6.07) is 1.49. The molecule has 1 aromatic heterocycles. The lowest BCUT2D eigenvalue weighted by Crippen LogP contribution is -1.78. The summed E-state index contributed by atoms with van der Waals surface area (Å²) in [5, 5.41) is 0.254. The van der Waals surface area contributed by atoms with E-state index >= 15 is 0 Å². The summed E-state index contributed by atoms with van der Waals surface area (Å²) in [5.41, 5.74) is 0. The summed E-state index contributed by atoms with van der Waals surface area (Å²) in [6.45, 7) is 0. The van der Waals surface area contributed by atoms with Crippen LogP contribution >= 0.6 is 11.6 Å². The van der Waals surface area contributed by atoms with Crippen LogP contribution in [0.5, 0.6) is 0 Å². The maximum atomic E-state index is 9.67. The summed E-state index contributed by atoms with van der Waals surface area (Å²) in [7, 11) is 0. The van der Waals surface area contributed by atoms with Crippen molar-refractivity contribution in [1.82, 2.24) is 9.97 Å². The fourth-order valence-corrected chi connectivity index (χ4v) is 0.554. The van der Waals surface area contributed by atoms with Gasteiger partial charge in [0.2, 0.25) is 6.08 Å². The molecular weight excluding hydrogens is 154 g/mol. The van der Waals surface area contributed by atoms with Crippen LogP contribution in [-0.4, -0.2) is 16.0 Å². The molecule has 0 bridgehead atoms. The summed E-state index contributed by atoms with van der Waals surface area (Å²) in [6.07, 6.45) is 2.71. The molecule has 5 heteroatoms. The van der Waals surface area contributed by atoms with Crippen LogP contribution < -0.4 is 0 Å². The van der Waals surface area contributed by atoms with Crippen molar-refractivity contribution in [3.8, 4) is 0 Å². The van der Waals surface area contributed by atoms with Crippen LogP contribution in [0.15, 0.2) is 17.3 Å². The first-order valence-electron chi connectivity index (χ1n) is 2.39. The largest absolute Gasteiger partial charge is 0.261 e. The highest BCUT2D eigenvalue weighted by atomic mass is 35.5. The Morgan fingerprint density at radius 2 is 2.50 bits per heavy atom. The maximum absolute atomic E-state index is 9.67. The van der Waals surface area contributed by atoms with Gasteiger partial charge in [0.25, 0.3) is 5.95 Å². The molecule has 0 unspecified atom stereocenters. The minimum absolute atomic E-state index is 0.0301. The van der Waals surface area contributed by atoms with Crippen LogP contribution in [0.1, 0.15) is 0 Å². The van der Waals surface area contributed by atoms with Crippen LogP contribution in [0.4, 0.5) is 5.95 Å². The van der Waals surface area contributed by atoms with Gasteiger partial charge in [-0.05, 0) is 6.07 Å². The van der Waals surface area contributed by atoms with E-state index in [0.717, 1.165) is 0 Å². The average molecular weight is 156 g/mol. The third kappa shape index (κ3) is 1.62. The molecule has 0 saturated carbocycles. The van der Waals surface area contributed by atoms with Gasteiger partial charge < -0.3 is 0 Å². The Morgan fingerprint density at radius 1 is 1.70 bits per heavy atom. The Morgan fingerprint density at radius 3 is 3.10 bits per heavy atom. The monoisotopic (exact) mass is 155 g/mol. The summed E-state index contributed by atoms with van der Waals surface area (Å²) < 4.78 is 0. The predicted octanol–water partition coefficient (Wildman–Crippen LogP) is 1.10. The van der Waals surface area contributed by atoms with E-state index in [-0.39, 0.29) is 11.1 Å². The lowest BCUT2D eigenvalue weighted by molar-refractivity contribution is 0.565. The van der Waals surface area contributed by atoms with Crippen LogP contribution in [0.3, 0.4) is 0 Å². The number of aromatic nitrogens is 2. The van der Waals surface area contributed by atoms with Gasteiger partial charge in [-0.1, -0.05) is 11.6 Å². The maximum Gasteiger partial charge on any atom is 0.261 e. The first-order chi connectivity index (χ1) is 4.83. The van der Waals surface area contributed by atoms with Gasteiger partial charge in [-0.25, -0.2) is 9.78 Å². The number of nitrogens with zero attached hydrogens (tertiary/aromatic N) is 3. The predicted molar refractivity (Wildman–Crippen MR) is 34.8 cm³/mol. The Kier molecular flexibility index (Phi) is 2.10. The fraction of sp³-hybridized carbons (Fsp3) is 0. The van der Waals surface area contributed by atoms with E-state index < -0.39 is 0 Å². The third-order valence-electron chi connectivity index (χ3n) is 0.755. The van der Waals surface area contributed by atoms with Crippen molar-refractivity contribution in [3.05, 3.63) is 17.4 Å². The Balaban J connectivity index is 3.06. The second-order valence-corrected chi connectivity index (χ2v) is 1.77. The number of carbonyl (C=O) groups excluding carboxylic acids is 1. The smallest absolute Gasteiger partial charge is 0.219 e. The Hall–Kier alpha value is -1.25. The molecule has 0 aromatic carbocycles. The molecule has 0 fully saturated rings. The van der Waals surface area contributed by atoms with E-state index in [4.69, 9.17) is 11.6 Å². The van der Waals surface area contributed by atoms with E-state index in [1.807, 2.05) is 0 Å². The quantitative estimate of drug-likeness (QED) is 0.347. The average Bonchev–Trinajstić information content (AvgIpc) is 1.88. The number of aliphatic imine (C=N–C) groups is 1. The molecule has 0 aliphatic carbocycles. The van der Waals surface area contributed by atoms with E-state index in [0.29, 0.717) is 0 Å². The second-order valence-electron chi connectivity index (χ2n) is 1.38. The molecule has 0 N–H and O–H groups in total. The van der Waals surface area contributed by atoms with Gasteiger partial charge in [0.15, 0.2) is 0 Å². The van der Waals surface area contributed by atoms with Gasteiger partial charge >= 0.3 is 0 Å². The topological polar surface area (TPSA) is 55.2 Å². The highest BCUT2D eigenvalue weighted by Crippen LogP contribution is 2.06. The molecule has 50 valence electrons. The molecule has 0 aliphatic heterocycles. The van der Waals surface area contributed by atoms with Crippen molar-refractivity contribution in [2.45, 2.75) is 0 Å². The number of hydrogen-bond acceptors (Lipinski definition) is 4. The van der Waals surface area contributed by atoms with Crippen LogP contribution in [0, 0.1) is 0 Å². The highest BCUT2D eigenvalue weighted by molar-refractivity contribution is 6.29.